The summed E-state index contributed by atoms with van der Waals surface area (Å²) in [4.78, 5) is 25.5. The molecule has 0 radical (unpaired) electrons. The number of ketones is 1. The van der Waals surface area contributed by atoms with Gasteiger partial charge in [0.2, 0.25) is 5.91 Å². The zero-order valence-electron chi connectivity index (χ0n) is 11.3. The largest absolute Gasteiger partial charge is 0.486 e. The van der Waals surface area contributed by atoms with Gasteiger partial charge in [-0.25, -0.2) is 0 Å². The fraction of sp³-hybridized carbons (Fsp3) is 0.467. The molecule has 1 aromatic carbocycles. The molecule has 4 nitrogen and oxygen atoms in total. The molecular weight excluding hydrogens is 278 g/mol. The van der Waals surface area contributed by atoms with Gasteiger partial charge in [-0.3, -0.25) is 9.59 Å². The summed E-state index contributed by atoms with van der Waals surface area (Å²) in [7, 11) is 0. The van der Waals surface area contributed by atoms with E-state index in [0.717, 1.165) is 0 Å². The minimum atomic E-state index is -0.472. The van der Waals surface area contributed by atoms with Gasteiger partial charge in [0.05, 0.1) is 17.0 Å². The Kier molecular flexibility index (Phi) is 3.21. The molecule has 2 aliphatic heterocycles. The molecule has 1 fully saturated rings. The van der Waals surface area contributed by atoms with Gasteiger partial charge in [0, 0.05) is 32.9 Å². The number of ether oxygens (including phenoxy) is 1. The van der Waals surface area contributed by atoms with Crippen LogP contribution >= 0.6 is 11.6 Å². The monoisotopic (exact) mass is 293 g/mol. The quantitative estimate of drug-likeness (QED) is 0.739. The molecule has 0 aliphatic carbocycles. The van der Waals surface area contributed by atoms with Crippen LogP contribution in [0.5, 0.6) is 5.75 Å². The number of piperidine rings is 1. The first kappa shape index (κ1) is 13.4. The zero-order chi connectivity index (χ0) is 14.3. The summed E-state index contributed by atoms with van der Waals surface area (Å²) in [5.41, 5.74) is 0.0227. The van der Waals surface area contributed by atoms with E-state index in [2.05, 4.69) is 0 Å². The zero-order valence-corrected chi connectivity index (χ0v) is 12.1. The molecule has 1 aromatic rings. The average Bonchev–Trinajstić information content (AvgIpc) is 2.38. The van der Waals surface area contributed by atoms with Crippen LogP contribution in [0.4, 0.5) is 0 Å². The predicted octanol–water partition coefficient (Wildman–Crippen LogP) is 2.69. The molecule has 106 valence electrons. The van der Waals surface area contributed by atoms with Crippen molar-refractivity contribution < 1.29 is 14.3 Å². The number of carbonyl (C=O) groups is 2. The molecule has 3 rings (SSSR count). The van der Waals surface area contributed by atoms with Crippen molar-refractivity contribution in [2.45, 2.75) is 31.8 Å². The van der Waals surface area contributed by atoms with Crippen LogP contribution in [0.15, 0.2) is 18.2 Å². The van der Waals surface area contributed by atoms with Crippen molar-refractivity contribution in [3.8, 4) is 5.75 Å². The van der Waals surface area contributed by atoms with Crippen molar-refractivity contribution >= 4 is 23.3 Å². The SMILES string of the molecule is CC(=O)N1CCC2(CC1)CC(=O)c1c(Cl)cccc1O2. The summed E-state index contributed by atoms with van der Waals surface area (Å²) < 4.78 is 6.10. The van der Waals surface area contributed by atoms with Gasteiger partial charge in [0.25, 0.3) is 0 Å². The maximum atomic E-state index is 12.4. The summed E-state index contributed by atoms with van der Waals surface area (Å²) in [5.74, 6) is 0.684. The number of likely N-dealkylation sites (tertiary alicyclic amines) is 1. The highest BCUT2D eigenvalue weighted by Gasteiger charge is 2.43. The van der Waals surface area contributed by atoms with Crippen LogP contribution in [0, 0.1) is 0 Å². The van der Waals surface area contributed by atoms with Gasteiger partial charge in [0.1, 0.15) is 11.4 Å². The molecule has 5 heteroatoms. The lowest BCUT2D eigenvalue weighted by molar-refractivity contribution is -0.132. The summed E-state index contributed by atoms with van der Waals surface area (Å²) in [6.45, 7) is 2.84. The first-order chi connectivity index (χ1) is 9.51. The number of fused-ring (bicyclic) bond motifs is 1. The number of hydrogen-bond acceptors (Lipinski definition) is 3. The molecule has 1 amide bonds. The highest BCUT2D eigenvalue weighted by molar-refractivity contribution is 6.34. The fourth-order valence-electron chi connectivity index (χ4n) is 3.02. The lowest BCUT2D eigenvalue weighted by Gasteiger charge is -2.43. The third-order valence-electron chi connectivity index (χ3n) is 4.18. The van der Waals surface area contributed by atoms with E-state index in [-0.39, 0.29) is 11.7 Å². The Balaban J connectivity index is 1.86. The van der Waals surface area contributed by atoms with E-state index in [1.54, 1.807) is 30.0 Å². The molecule has 0 bridgehead atoms. The Labute approximate surface area is 122 Å². The minimum absolute atomic E-state index is 0.0353. The maximum Gasteiger partial charge on any atom is 0.219 e. The van der Waals surface area contributed by atoms with Crippen molar-refractivity contribution in [1.29, 1.82) is 0 Å². The second-order valence-electron chi connectivity index (χ2n) is 5.50. The maximum absolute atomic E-state index is 12.4. The minimum Gasteiger partial charge on any atom is -0.486 e. The van der Waals surface area contributed by atoms with Crippen LogP contribution in [0.1, 0.15) is 36.5 Å². The number of amides is 1. The van der Waals surface area contributed by atoms with Crippen LogP contribution in [0.25, 0.3) is 0 Å². The number of Topliss-reactive ketones (excluding diaryl/α,β-unsaturated/α-hetero) is 1. The van der Waals surface area contributed by atoms with E-state index in [0.29, 0.717) is 48.7 Å². The molecule has 1 spiro atoms. The third kappa shape index (κ3) is 2.18. The van der Waals surface area contributed by atoms with Crippen molar-refractivity contribution in [2.75, 3.05) is 13.1 Å². The van der Waals surface area contributed by atoms with Crippen molar-refractivity contribution in [3.05, 3.63) is 28.8 Å². The Bertz CT molecular complexity index is 576. The van der Waals surface area contributed by atoms with E-state index in [1.165, 1.54) is 0 Å². The number of nitrogens with zero attached hydrogens (tertiary/aromatic N) is 1. The topological polar surface area (TPSA) is 46.6 Å². The first-order valence-corrected chi connectivity index (χ1v) is 7.15. The molecule has 1 saturated heterocycles. The van der Waals surface area contributed by atoms with Crippen molar-refractivity contribution in [3.63, 3.8) is 0 Å². The van der Waals surface area contributed by atoms with Gasteiger partial charge < -0.3 is 9.64 Å². The summed E-state index contributed by atoms with van der Waals surface area (Å²) in [6, 6.07) is 5.29. The van der Waals surface area contributed by atoms with E-state index in [9.17, 15) is 9.59 Å². The highest BCUT2D eigenvalue weighted by Crippen LogP contribution is 2.41. The lowest BCUT2D eigenvalue weighted by atomic mass is 9.82. The van der Waals surface area contributed by atoms with E-state index >= 15 is 0 Å². The number of hydrogen-bond donors (Lipinski definition) is 0. The predicted molar refractivity (Wildman–Crippen MR) is 75.2 cm³/mol. The van der Waals surface area contributed by atoms with E-state index in [1.807, 2.05) is 0 Å². The Morgan fingerprint density at radius 1 is 1.35 bits per heavy atom. The first-order valence-electron chi connectivity index (χ1n) is 6.77. The highest BCUT2D eigenvalue weighted by atomic mass is 35.5. The number of benzene rings is 1. The summed E-state index contributed by atoms with van der Waals surface area (Å²) in [5, 5.41) is 0.448. The van der Waals surface area contributed by atoms with Gasteiger partial charge in [-0.1, -0.05) is 17.7 Å². The van der Waals surface area contributed by atoms with Crippen LogP contribution in [-0.2, 0) is 4.79 Å². The summed E-state index contributed by atoms with van der Waals surface area (Å²) >= 11 is 6.08. The molecule has 0 unspecified atom stereocenters. The molecule has 0 N–H and O–H groups in total. The molecule has 0 atom stereocenters. The molecule has 0 saturated carbocycles. The average molecular weight is 294 g/mol. The van der Waals surface area contributed by atoms with Crippen molar-refractivity contribution in [2.24, 2.45) is 0 Å². The normalized spacial score (nSPS) is 20.5. The standard InChI is InChI=1S/C15H16ClNO3/c1-10(18)17-7-5-15(6-8-17)9-12(19)14-11(16)3-2-4-13(14)20-15/h2-4H,5-9H2,1H3. The van der Waals surface area contributed by atoms with Crippen LogP contribution in [0.3, 0.4) is 0 Å². The second-order valence-corrected chi connectivity index (χ2v) is 5.91. The van der Waals surface area contributed by atoms with Crippen LogP contribution in [0.2, 0.25) is 5.02 Å². The molecule has 2 heterocycles. The molecular formula is C15H16ClNO3. The number of rotatable bonds is 0. The summed E-state index contributed by atoms with van der Waals surface area (Å²) in [6.07, 6.45) is 1.71. The van der Waals surface area contributed by atoms with Gasteiger partial charge in [-0.05, 0) is 12.1 Å². The van der Waals surface area contributed by atoms with E-state index in [4.69, 9.17) is 16.3 Å². The Morgan fingerprint density at radius 2 is 2.05 bits per heavy atom. The third-order valence-corrected chi connectivity index (χ3v) is 4.50. The molecule has 2 aliphatic rings. The smallest absolute Gasteiger partial charge is 0.219 e. The van der Waals surface area contributed by atoms with Gasteiger partial charge in [-0.15, -0.1) is 0 Å². The Hall–Kier alpha value is -1.55. The van der Waals surface area contributed by atoms with Gasteiger partial charge in [0.15, 0.2) is 5.78 Å². The van der Waals surface area contributed by atoms with Gasteiger partial charge in [-0.2, -0.15) is 0 Å². The lowest BCUT2D eigenvalue weighted by Crippen LogP contribution is -2.51. The number of halogens is 1. The van der Waals surface area contributed by atoms with Gasteiger partial charge >= 0.3 is 0 Å². The molecule has 20 heavy (non-hydrogen) atoms. The second kappa shape index (κ2) is 4.77. The van der Waals surface area contributed by atoms with Crippen molar-refractivity contribution in [1.82, 2.24) is 4.90 Å². The van der Waals surface area contributed by atoms with E-state index < -0.39 is 5.60 Å². The Morgan fingerprint density at radius 3 is 2.70 bits per heavy atom. The van der Waals surface area contributed by atoms with Crippen LogP contribution in [-0.4, -0.2) is 35.3 Å². The van der Waals surface area contributed by atoms with Crippen LogP contribution < -0.4 is 4.74 Å². The molecule has 0 aromatic heterocycles. The number of carbonyl (C=O) groups excluding carboxylic acids is 2. The fourth-order valence-corrected chi connectivity index (χ4v) is 3.29.